The lowest BCUT2D eigenvalue weighted by Gasteiger charge is -2.15. The summed E-state index contributed by atoms with van der Waals surface area (Å²) in [5.74, 6) is 0. The van der Waals surface area contributed by atoms with Gasteiger partial charge in [0.25, 0.3) is 0 Å². The van der Waals surface area contributed by atoms with Gasteiger partial charge in [-0.1, -0.05) is 39.5 Å². The fourth-order valence-electron chi connectivity index (χ4n) is 1.34. The first kappa shape index (κ1) is 13.9. The first-order valence-electron chi connectivity index (χ1n) is 5.87. The molecule has 0 aliphatic rings. The summed E-state index contributed by atoms with van der Waals surface area (Å²) >= 11 is 0. The van der Waals surface area contributed by atoms with E-state index in [4.69, 9.17) is 5.73 Å². The zero-order chi connectivity index (χ0) is 10.8. The van der Waals surface area contributed by atoms with Crippen LogP contribution in [0.5, 0.6) is 0 Å². The van der Waals surface area contributed by atoms with Crippen molar-refractivity contribution in [3.63, 3.8) is 0 Å². The molecule has 0 spiro atoms. The van der Waals surface area contributed by atoms with Crippen molar-refractivity contribution in [1.29, 1.82) is 0 Å². The molecule has 0 heterocycles. The SMILES string of the molecule is CCCCCCC(O)CNC(N)CC. The molecule has 86 valence electrons. The van der Waals surface area contributed by atoms with Gasteiger partial charge in [0.15, 0.2) is 0 Å². The Balaban J connectivity index is 3.23. The van der Waals surface area contributed by atoms with Crippen LogP contribution in [0.1, 0.15) is 52.4 Å². The van der Waals surface area contributed by atoms with Crippen LogP contribution >= 0.6 is 0 Å². The molecule has 0 rings (SSSR count). The zero-order valence-electron chi connectivity index (χ0n) is 9.63. The van der Waals surface area contributed by atoms with Crippen molar-refractivity contribution in [2.24, 2.45) is 5.73 Å². The Labute approximate surface area is 88.1 Å². The number of nitrogens with one attached hydrogen (secondary N) is 1. The van der Waals surface area contributed by atoms with Crippen LogP contribution in [-0.2, 0) is 0 Å². The second-order valence-electron chi connectivity index (χ2n) is 3.93. The van der Waals surface area contributed by atoms with Crippen LogP contribution in [0.4, 0.5) is 0 Å². The van der Waals surface area contributed by atoms with E-state index in [1.165, 1.54) is 19.3 Å². The predicted octanol–water partition coefficient (Wildman–Crippen LogP) is 1.60. The number of hydrogen-bond acceptors (Lipinski definition) is 3. The lowest BCUT2D eigenvalue weighted by atomic mass is 10.1. The Morgan fingerprint density at radius 2 is 1.93 bits per heavy atom. The first-order chi connectivity index (χ1) is 6.70. The fraction of sp³-hybridized carbons (Fsp3) is 1.00. The van der Waals surface area contributed by atoms with E-state index in [0.29, 0.717) is 6.54 Å². The summed E-state index contributed by atoms with van der Waals surface area (Å²) < 4.78 is 0. The summed E-state index contributed by atoms with van der Waals surface area (Å²) in [6.45, 7) is 4.85. The topological polar surface area (TPSA) is 58.3 Å². The minimum Gasteiger partial charge on any atom is -0.392 e. The van der Waals surface area contributed by atoms with Gasteiger partial charge in [-0.05, 0) is 12.8 Å². The highest BCUT2D eigenvalue weighted by molar-refractivity contribution is 4.63. The molecule has 3 heteroatoms. The third kappa shape index (κ3) is 8.48. The number of aliphatic hydroxyl groups excluding tert-OH is 1. The summed E-state index contributed by atoms with van der Waals surface area (Å²) in [5.41, 5.74) is 5.68. The monoisotopic (exact) mass is 202 g/mol. The Morgan fingerprint density at radius 1 is 1.21 bits per heavy atom. The standard InChI is InChI=1S/C11H26N2O/c1-3-5-6-7-8-10(14)9-13-11(12)4-2/h10-11,13-14H,3-9,12H2,1-2H3. The molecule has 0 aromatic carbocycles. The van der Waals surface area contributed by atoms with Crippen molar-refractivity contribution in [2.45, 2.75) is 64.6 Å². The van der Waals surface area contributed by atoms with Gasteiger partial charge in [-0.2, -0.15) is 0 Å². The third-order valence-corrected chi connectivity index (χ3v) is 2.45. The lowest BCUT2D eigenvalue weighted by Crippen LogP contribution is -2.41. The minimum absolute atomic E-state index is 0.0280. The maximum atomic E-state index is 9.57. The van der Waals surface area contributed by atoms with Gasteiger partial charge >= 0.3 is 0 Å². The van der Waals surface area contributed by atoms with Crippen molar-refractivity contribution >= 4 is 0 Å². The van der Waals surface area contributed by atoms with Gasteiger partial charge < -0.3 is 10.8 Å². The second-order valence-corrected chi connectivity index (χ2v) is 3.93. The van der Waals surface area contributed by atoms with Gasteiger partial charge in [0, 0.05) is 6.54 Å². The zero-order valence-corrected chi connectivity index (χ0v) is 9.63. The molecule has 0 aliphatic carbocycles. The van der Waals surface area contributed by atoms with Gasteiger partial charge in [-0.15, -0.1) is 0 Å². The van der Waals surface area contributed by atoms with Crippen LogP contribution in [0.25, 0.3) is 0 Å². The minimum atomic E-state index is -0.232. The van der Waals surface area contributed by atoms with Crippen LogP contribution in [0.3, 0.4) is 0 Å². The number of aliphatic hydroxyl groups is 1. The number of rotatable bonds is 9. The van der Waals surface area contributed by atoms with Gasteiger partial charge in [-0.25, -0.2) is 0 Å². The highest BCUT2D eigenvalue weighted by atomic mass is 16.3. The molecule has 14 heavy (non-hydrogen) atoms. The average molecular weight is 202 g/mol. The molecule has 0 aromatic heterocycles. The van der Waals surface area contributed by atoms with E-state index >= 15 is 0 Å². The number of hydrogen-bond donors (Lipinski definition) is 3. The number of unbranched alkanes of at least 4 members (excludes halogenated alkanes) is 3. The molecular weight excluding hydrogens is 176 g/mol. The quantitative estimate of drug-likeness (QED) is 0.393. The maximum absolute atomic E-state index is 9.57. The van der Waals surface area contributed by atoms with Gasteiger partial charge in [0.2, 0.25) is 0 Å². The van der Waals surface area contributed by atoms with E-state index in [1.807, 2.05) is 6.92 Å². The Kier molecular flexibility index (Phi) is 9.35. The summed E-state index contributed by atoms with van der Waals surface area (Å²) in [6.07, 6.45) is 6.46. The van der Waals surface area contributed by atoms with Crippen LogP contribution in [0.15, 0.2) is 0 Å². The Bertz CT molecular complexity index is 120. The molecule has 0 saturated carbocycles. The molecule has 0 radical (unpaired) electrons. The smallest absolute Gasteiger partial charge is 0.0665 e. The molecule has 0 aliphatic heterocycles. The molecule has 2 atom stereocenters. The van der Waals surface area contributed by atoms with Gasteiger partial charge in [-0.3, -0.25) is 5.32 Å². The molecule has 0 bridgehead atoms. The molecule has 0 saturated heterocycles. The van der Waals surface area contributed by atoms with Crippen LogP contribution in [0, 0.1) is 0 Å². The van der Waals surface area contributed by atoms with E-state index in [2.05, 4.69) is 12.2 Å². The predicted molar refractivity (Wildman–Crippen MR) is 61.0 cm³/mol. The maximum Gasteiger partial charge on any atom is 0.0665 e. The molecule has 0 aromatic rings. The molecule has 0 amide bonds. The molecule has 4 N–H and O–H groups in total. The first-order valence-corrected chi connectivity index (χ1v) is 5.87. The van der Waals surface area contributed by atoms with Crippen LogP contribution < -0.4 is 11.1 Å². The van der Waals surface area contributed by atoms with Crippen LogP contribution in [-0.4, -0.2) is 23.9 Å². The largest absolute Gasteiger partial charge is 0.392 e. The molecule has 2 unspecified atom stereocenters. The van der Waals surface area contributed by atoms with E-state index in [0.717, 1.165) is 19.3 Å². The second kappa shape index (κ2) is 9.44. The Hall–Kier alpha value is -0.120. The highest BCUT2D eigenvalue weighted by Crippen LogP contribution is 2.04. The normalized spacial score (nSPS) is 15.4. The molecular formula is C11H26N2O. The summed E-state index contributed by atoms with van der Waals surface area (Å²) in [6, 6.07) is 0. The molecule has 0 fully saturated rings. The average Bonchev–Trinajstić information content (AvgIpc) is 2.21. The Morgan fingerprint density at radius 3 is 2.50 bits per heavy atom. The molecule has 3 nitrogen and oxygen atoms in total. The summed E-state index contributed by atoms with van der Waals surface area (Å²) in [4.78, 5) is 0. The van der Waals surface area contributed by atoms with E-state index in [-0.39, 0.29) is 12.3 Å². The summed E-state index contributed by atoms with van der Waals surface area (Å²) in [5, 5.41) is 12.7. The van der Waals surface area contributed by atoms with E-state index in [9.17, 15) is 5.11 Å². The fourth-order valence-corrected chi connectivity index (χ4v) is 1.34. The van der Waals surface area contributed by atoms with Crippen LogP contribution in [0.2, 0.25) is 0 Å². The van der Waals surface area contributed by atoms with E-state index in [1.54, 1.807) is 0 Å². The number of nitrogens with two attached hydrogens (primary N) is 1. The third-order valence-electron chi connectivity index (χ3n) is 2.45. The lowest BCUT2D eigenvalue weighted by molar-refractivity contribution is 0.153. The summed E-state index contributed by atoms with van der Waals surface area (Å²) in [7, 11) is 0. The van der Waals surface area contributed by atoms with Crippen molar-refractivity contribution in [2.75, 3.05) is 6.54 Å². The van der Waals surface area contributed by atoms with Crippen molar-refractivity contribution in [3.8, 4) is 0 Å². The van der Waals surface area contributed by atoms with Crippen molar-refractivity contribution < 1.29 is 5.11 Å². The van der Waals surface area contributed by atoms with Crippen molar-refractivity contribution in [3.05, 3.63) is 0 Å². The van der Waals surface area contributed by atoms with Gasteiger partial charge in [0.1, 0.15) is 0 Å². The highest BCUT2D eigenvalue weighted by Gasteiger charge is 2.05. The van der Waals surface area contributed by atoms with Crippen molar-refractivity contribution in [1.82, 2.24) is 5.32 Å². The van der Waals surface area contributed by atoms with E-state index < -0.39 is 0 Å². The van der Waals surface area contributed by atoms with Gasteiger partial charge in [0.05, 0.1) is 12.3 Å².